The van der Waals surface area contributed by atoms with Gasteiger partial charge in [0.2, 0.25) is 6.79 Å². The summed E-state index contributed by atoms with van der Waals surface area (Å²) in [6.07, 6.45) is 3.14. The summed E-state index contributed by atoms with van der Waals surface area (Å²) in [5.41, 5.74) is 3.73. The lowest BCUT2D eigenvalue weighted by Crippen LogP contribution is -2.05. The Morgan fingerprint density at radius 2 is 2.04 bits per heavy atom. The van der Waals surface area contributed by atoms with Crippen LogP contribution in [-0.2, 0) is 13.0 Å². The molecule has 126 valence electrons. The van der Waals surface area contributed by atoms with Crippen molar-refractivity contribution in [2.45, 2.75) is 32.7 Å². The number of nitriles is 1. The molecule has 1 aliphatic heterocycles. The molecule has 0 N–H and O–H groups in total. The minimum absolute atomic E-state index is 0.259. The lowest BCUT2D eigenvalue weighted by Gasteiger charge is -2.10. The Labute approximate surface area is 146 Å². The number of nitrogens with zero attached hydrogens (tertiary/aromatic N) is 3. The van der Waals surface area contributed by atoms with Crippen LogP contribution in [0.15, 0.2) is 36.4 Å². The molecule has 2 heterocycles. The van der Waals surface area contributed by atoms with Crippen molar-refractivity contribution in [1.82, 2.24) is 9.55 Å². The summed E-state index contributed by atoms with van der Waals surface area (Å²) < 4.78 is 13.2. The fourth-order valence-corrected chi connectivity index (χ4v) is 3.19. The van der Waals surface area contributed by atoms with Crippen molar-refractivity contribution >= 4 is 11.0 Å². The predicted octanol–water partition coefficient (Wildman–Crippen LogP) is 4.03. The van der Waals surface area contributed by atoms with Gasteiger partial charge in [0.05, 0.1) is 22.7 Å². The maximum Gasteiger partial charge on any atom is 0.231 e. The number of unbranched alkanes of at least 4 members (excludes halogenated alkanes) is 1. The molecule has 0 aliphatic carbocycles. The Bertz CT molecular complexity index is 969. The Kier molecular flexibility index (Phi) is 4.02. The third-order valence-electron chi connectivity index (χ3n) is 4.47. The van der Waals surface area contributed by atoms with E-state index >= 15 is 0 Å². The number of aromatic nitrogens is 2. The van der Waals surface area contributed by atoms with Crippen LogP contribution in [0.3, 0.4) is 0 Å². The van der Waals surface area contributed by atoms with Gasteiger partial charge in [0.25, 0.3) is 0 Å². The molecule has 0 spiro atoms. The number of aryl methyl sites for hydroxylation is 1. The second-order valence-corrected chi connectivity index (χ2v) is 6.22. The second-order valence-electron chi connectivity index (χ2n) is 6.22. The Balaban J connectivity index is 1.79. The number of ether oxygens (including phenoxy) is 2. The monoisotopic (exact) mass is 333 g/mol. The molecule has 0 saturated heterocycles. The summed E-state index contributed by atoms with van der Waals surface area (Å²) in [6, 6.07) is 13.9. The van der Waals surface area contributed by atoms with Gasteiger partial charge in [-0.15, -0.1) is 0 Å². The molecule has 0 bridgehead atoms. The van der Waals surface area contributed by atoms with Gasteiger partial charge in [-0.3, -0.25) is 0 Å². The molecule has 25 heavy (non-hydrogen) atoms. The van der Waals surface area contributed by atoms with Gasteiger partial charge < -0.3 is 14.0 Å². The lowest BCUT2D eigenvalue weighted by molar-refractivity contribution is 0.174. The molecule has 5 nitrogen and oxygen atoms in total. The molecule has 0 fully saturated rings. The number of fused-ring (bicyclic) bond motifs is 2. The van der Waals surface area contributed by atoms with E-state index in [2.05, 4.69) is 17.6 Å². The predicted molar refractivity (Wildman–Crippen MR) is 94.7 cm³/mol. The highest BCUT2D eigenvalue weighted by Gasteiger charge is 2.19. The minimum atomic E-state index is 0.259. The van der Waals surface area contributed by atoms with E-state index in [1.54, 1.807) is 0 Å². The molecule has 1 aliphatic rings. The van der Waals surface area contributed by atoms with E-state index in [0.29, 0.717) is 12.1 Å². The van der Waals surface area contributed by atoms with Crippen LogP contribution >= 0.6 is 0 Å². The van der Waals surface area contributed by atoms with Crippen LogP contribution in [0.1, 0.15) is 36.7 Å². The van der Waals surface area contributed by atoms with Crippen molar-refractivity contribution in [1.29, 1.82) is 5.26 Å². The Hall–Kier alpha value is -3.00. The van der Waals surface area contributed by atoms with E-state index in [9.17, 15) is 0 Å². The van der Waals surface area contributed by atoms with Gasteiger partial charge in [-0.1, -0.05) is 25.5 Å². The zero-order chi connectivity index (χ0) is 17.2. The topological polar surface area (TPSA) is 60.1 Å². The van der Waals surface area contributed by atoms with E-state index in [1.807, 2.05) is 36.4 Å². The first-order valence-electron chi connectivity index (χ1n) is 8.56. The van der Waals surface area contributed by atoms with Crippen LogP contribution in [0.2, 0.25) is 0 Å². The maximum absolute atomic E-state index is 9.14. The van der Waals surface area contributed by atoms with E-state index in [0.717, 1.165) is 53.2 Å². The van der Waals surface area contributed by atoms with E-state index in [-0.39, 0.29) is 6.79 Å². The summed E-state index contributed by atoms with van der Waals surface area (Å²) in [4.78, 5) is 4.83. The van der Waals surface area contributed by atoms with Crippen LogP contribution in [0, 0.1) is 11.3 Å². The van der Waals surface area contributed by atoms with Crippen molar-refractivity contribution in [3.63, 3.8) is 0 Å². The lowest BCUT2D eigenvalue weighted by atomic mass is 10.1. The SMILES string of the molecule is CCCCc1nc2cc3c(cc2n1Cc1cccc(C#N)c1)OCO3. The summed E-state index contributed by atoms with van der Waals surface area (Å²) in [5.74, 6) is 2.58. The highest BCUT2D eigenvalue weighted by Crippen LogP contribution is 2.36. The van der Waals surface area contributed by atoms with Crippen LogP contribution in [0.25, 0.3) is 11.0 Å². The average Bonchev–Trinajstić information content (AvgIpc) is 3.22. The van der Waals surface area contributed by atoms with Gasteiger partial charge in [0.1, 0.15) is 5.82 Å². The van der Waals surface area contributed by atoms with Crippen molar-refractivity contribution in [2.75, 3.05) is 6.79 Å². The van der Waals surface area contributed by atoms with Crippen molar-refractivity contribution < 1.29 is 9.47 Å². The van der Waals surface area contributed by atoms with E-state index in [4.69, 9.17) is 19.7 Å². The van der Waals surface area contributed by atoms with Crippen molar-refractivity contribution in [2.24, 2.45) is 0 Å². The standard InChI is InChI=1S/C20H19N3O2/c1-2-3-7-20-22-16-9-18-19(25-13-24-18)10-17(16)23(20)12-15-6-4-5-14(8-15)11-21/h4-6,8-10H,2-3,7,12-13H2,1H3. The number of hydrogen-bond acceptors (Lipinski definition) is 4. The fourth-order valence-electron chi connectivity index (χ4n) is 3.19. The molecule has 0 amide bonds. The maximum atomic E-state index is 9.14. The normalized spacial score (nSPS) is 12.5. The molecule has 2 aromatic carbocycles. The first-order chi connectivity index (χ1) is 12.3. The van der Waals surface area contributed by atoms with Crippen LogP contribution < -0.4 is 9.47 Å². The van der Waals surface area contributed by atoms with E-state index in [1.165, 1.54) is 0 Å². The van der Waals surface area contributed by atoms with Gasteiger partial charge in [-0.2, -0.15) is 5.26 Å². The third kappa shape index (κ3) is 2.91. The molecule has 0 saturated carbocycles. The van der Waals surface area contributed by atoms with Crippen LogP contribution in [0.5, 0.6) is 11.5 Å². The van der Waals surface area contributed by atoms with E-state index < -0.39 is 0 Å². The molecular weight excluding hydrogens is 314 g/mol. The highest BCUT2D eigenvalue weighted by molar-refractivity contribution is 5.81. The molecule has 0 atom stereocenters. The van der Waals surface area contributed by atoms with Gasteiger partial charge in [0, 0.05) is 25.1 Å². The van der Waals surface area contributed by atoms with Crippen molar-refractivity contribution in [3.05, 3.63) is 53.3 Å². The number of benzene rings is 2. The molecule has 5 heteroatoms. The molecule has 3 aromatic rings. The fraction of sp³-hybridized carbons (Fsp3) is 0.300. The zero-order valence-electron chi connectivity index (χ0n) is 14.2. The van der Waals surface area contributed by atoms with Gasteiger partial charge >= 0.3 is 0 Å². The largest absolute Gasteiger partial charge is 0.454 e. The first-order valence-corrected chi connectivity index (χ1v) is 8.56. The third-order valence-corrected chi connectivity index (χ3v) is 4.47. The first kappa shape index (κ1) is 15.5. The number of hydrogen-bond donors (Lipinski definition) is 0. The Morgan fingerprint density at radius 1 is 1.20 bits per heavy atom. The average molecular weight is 333 g/mol. The highest BCUT2D eigenvalue weighted by atomic mass is 16.7. The molecule has 1 aromatic heterocycles. The Morgan fingerprint density at radius 3 is 2.84 bits per heavy atom. The molecular formula is C20H19N3O2. The van der Waals surface area contributed by atoms with Gasteiger partial charge in [0.15, 0.2) is 11.5 Å². The smallest absolute Gasteiger partial charge is 0.231 e. The number of imidazole rings is 1. The second kappa shape index (κ2) is 6.48. The summed E-state index contributed by atoms with van der Waals surface area (Å²) in [6.45, 7) is 3.12. The summed E-state index contributed by atoms with van der Waals surface area (Å²) >= 11 is 0. The van der Waals surface area contributed by atoms with Crippen LogP contribution in [-0.4, -0.2) is 16.3 Å². The van der Waals surface area contributed by atoms with Crippen LogP contribution in [0.4, 0.5) is 0 Å². The summed E-state index contributed by atoms with van der Waals surface area (Å²) in [5, 5.41) is 9.14. The van der Waals surface area contributed by atoms with Gasteiger partial charge in [-0.25, -0.2) is 4.98 Å². The quantitative estimate of drug-likeness (QED) is 0.707. The minimum Gasteiger partial charge on any atom is -0.454 e. The van der Waals surface area contributed by atoms with Crippen molar-refractivity contribution in [3.8, 4) is 17.6 Å². The zero-order valence-corrected chi connectivity index (χ0v) is 14.2. The molecule has 0 radical (unpaired) electrons. The summed E-state index contributed by atoms with van der Waals surface area (Å²) in [7, 11) is 0. The molecule has 4 rings (SSSR count). The van der Waals surface area contributed by atoms with Gasteiger partial charge in [-0.05, 0) is 24.1 Å². The molecule has 0 unspecified atom stereocenters. The number of rotatable bonds is 5.